The lowest BCUT2D eigenvalue weighted by Gasteiger charge is -2.31. The van der Waals surface area contributed by atoms with Crippen LogP contribution in [-0.4, -0.2) is 27.5 Å². The van der Waals surface area contributed by atoms with Crippen molar-refractivity contribution in [1.82, 2.24) is 4.98 Å². The number of hydrogen-bond acceptors (Lipinski definition) is 4. The van der Waals surface area contributed by atoms with Gasteiger partial charge in [0.05, 0.1) is 22.9 Å². The number of hydrogen-bond donors (Lipinski definition) is 2. The van der Waals surface area contributed by atoms with Crippen LogP contribution in [0.2, 0.25) is 5.15 Å². The van der Waals surface area contributed by atoms with Gasteiger partial charge in [-0.05, 0) is 39.7 Å². The van der Waals surface area contributed by atoms with Crippen LogP contribution in [0, 0.1) is 5.92 Å². The van der Waals surface area contributed by atoms with Crippen molar-refractivity contribution in [2.24, 2.45) is 5.92 Å². The minimum atomic E-state index is -0.566. The summed E-state index contributed by atoms with van der Waals surface area (Å²) in [6, 6.07) is 1.64. The van der Waals surface area contributed by atoms with Crippen LogP contribution in [0.5, 0.6) is 0 Å². The quantitative estimate of drug-likeness (QED) is 0.644. The van der Waals surface area contributed by atoms with Gasteiger partial charge in [-0.2, -0.15) is 0 Å². The van der Waals surface area contributed by atoms with E-state index in [4.69, 9.17) is 11.6 Å². The molecule has 0 aliphatic heterocycles. The number of Topliss-reactive ketones (excluding diaryl/α,β-unsaturated/α-hetero) is 1. The molecule has 1 aliphatic carbocycles. The van der Waals surface area contributed by atoms with Crippen molar-refractivity contribution < 1.29 is 9.90 Å². The Labute approximate surface area is 118 Å². The van der Waals surface area contributed by atoms with E-state index in [1.807, 2.05) is 13.8 Å². The number of anilines is 1. The number of aliphatic hydroxyl groups is 1. The zero-order valence-corrected chi connectivity index (χ0v) is 12.2. The van der Waals surface area contributed by atoms with E-state index in [1.165, 1.54) is 6.20 Å². The van der Waals surface area contributed by atoms with Crippen LogP contribution in [-0.2, 0) is 0 Å². The highest BCUT2D eigenvalue weighted by molar-refractivity contribution is 6.29. The summed E-state index contributed by atoms with van der Waals surface area (Å²) in [6.45, 7) is 5.45. The Bertz CT molecular complexity index is 496. The van der Waals surface area contributed by atoms with E-state index in [0.717, 1.165) is 12.8 Å². The van der Waals surface area contributed by atoms with Gasteiger partial charge in [-0.3, -0.25) is 4.79 Å². The average Bonchev–Trinajstić information content (AvgIpc) is 3.11. The molecule has 19 heavy (non-hydrogen) atoms. The molecule has 2 rings (SSSR count). The molecule has 1 fully saturated rings. The fourth-order valence-electron chi connectivity index (χ4n) is 1.75. The Hall–Kier alpha value is -1.13. The smallest absolute Gasteiger partial charge is 0.169 e. The van der Waals surface area contributed by atoms with Crippen LogP contribution >= 0.6 is 11.6 Å². The van der Waals surface area contributed by atoms with Crippen molar-refractivity contribution in [3.8, 4) is 0 Å². The van der Waals surface area contributed by atoms with E-state index in [2.05, 4.69) is 10.3 Å². The summed E-state index contributed by atoms with van der Waals surface area (Å²) in [7, 11) is 0. The van der Waals surface area contributed by atoms with Gasteiger partial charge in [0.1, 0.15) is 5.15 Å². The lowest BCUT2D eigenvalue weighted by atomic mass is 9.97. The first-order valence-corrected chi connectivity index (χ1v) is 6.85. The first-order chi connectivity index (χ1) is 8.81. The summed E-state index contributed by atoms with van der Waals surface area (Å²) in [5.41, 5.74) is 0.645. The molecule has 1 saturated carbocycles. The number of carbonyl (C=O) groups excluding carboxylic acids is 1. The van der Waals surface area contributed by atoms with E-state index in [-0.39, 0.29) is 11.7 Å². The molecule has 1 aromatic rings. The number of aliphatic hydroxyl groups excluding tert-OH is 1. The molecule has 0 aromatic carbocycles. The summed E-state index contributed by atoms with van der Waals surface area (Å²) in [4.78, 5) is 16.2. The number of halogens is 1. The summed E-state index contributed by atoms with van der Waals surface area (Å²) in [5, 5.41) is 13.3. The Morgan fingerprint density at radius 3 is 2.74 bits per heavy atom. The molecule has 0 amide bonds. The zero-order valence-electron chi connectivity index (χ0n) is 11.4. The number of nitrogens with one attached hydrogen (secondary N) is 1. The Balaban J connectivity index is 2.32. The molecule has 5 heteroatoms. The van der Waals surface area contributed by atoms with Gasteiger partial charge >= 0.3 is 0 Å². The van der Waals surface area contributed by atoms with Crippen molar-refractivity contribution in [3.05, 3.63) is 23.0 Å². The molecule has 0 bridgehead atoms. The van der Waals surface area contributed by atoms with E-state index >= 15 is 0 Å². The minimum Gasteiger partial charge on any atom is -0.391 e. The Morgan fingerprint density at radius 1 is 1.58 bits per heavy atom. The van der Waals surface area contributed by atoms with E-state index < -0.39 is 11.6 Å². The average molecular weight is 283 g/mol. The van der Waals surface area contributed by atoms with Crippen molar-refractivity contribution in [2.45, 2.75) is 45.3 Å². The van der Waals surface area contributed by atoms with Gasteiger partial charge in [-0.1, -0.05) is 11.6 Å². The molecule has 0 radical (unpaired) electrons. The first-order valence-electron chi connectivity index (χ1n) is 6.47. The van der Waals surface area contributed by atoms with Crippen molar-refractivity contribution in [3.63, 3.8) is 0 Å². The summed E-state index contributed by atoms with van der Waals surface area (Å²) in [5.74, 6) is 0.228. The molecule has 0 saturated heterocycles. The van der Waals surface area contributed by atoms with Crippen molar-refractivity contribution in [1.29, 1.82) is 0 Å². The highest BCUT2D eigenvalue weighted by atomic mass is 35.5. The van der Waals surface area contributed by atoms with Gasteiger partial charge in [0.2, 0.25) is 0 Å². The third-order valence-electron chi connectivity index (χ3n) is 3.59. The van der Waals surface area contributed by atoms with Crippen LogP contribution in [0.15, 0.2) is 12.3 Å². The monoisotopic (exact) mass is 282 g/mol. The minimum absolute atomic E-state index is 0.105. The van der Waals surface area contributed by atoms with Gasteiger partial charge < -0.3 is 10.4 Å². The largest absolute Gasteiger partial charge is 0.391 e. The normalized spacial score (nSPS) is 17.1. The van der Waals surface area contributed by atoms with Crippen LogP contribution in [0.25, 0.3) is 0 Å². The maximum atomic E-state index is 12.2. The number of pyridine rings is 1. The Morgan fingerprint density at radius 2 is 2.21 bits per heavy atom. The lowest BCUT2D eigenvalue weighted by molar-refractivity contribution is 0.0967. The van der Waals surface area contributed by atoms with Crippen LogP contribution in [0.1, 0.15) is 44.0 Å². The first kappa shape index (κ1) is 14.3. The SMILES string of the molecule is CC(O)C(C)(C)Nc1cc(Cl)ncc1C(=O)C1CC1. The van der Waals surface area contributed by atoms with Gasteiger partial charge in [-0.15, -0.1) is 0 Å². The number of carbonyl (C=O) groups is 1. The molecular formula is C14H19ClN2O2. The third kappa shape index (κ3) is 3.25. The molecule has 4 nitrogen and oxygen atoms in total. The molecule has 1 unspecified atom stereocenters. The highest BCUT2D eigenvalue weighted by Gasteiger charge is 2.33. The summed E-state index contributed by atoms with van der Waals surface area (Å²) >= 11 is 5.90. The van der Waals surface area contributed by atoms with E-state index in [9.17, 15) is 9.90 Å². The van der Waals surface area contributed by atoms with Crippen LogP contribution in [0.3, 0.4) is 0 Å². The maximum absolute atomic E-state index is 12.2. The predicted molar refractivity (Wildman–Crippen MR) is 75.7 cm³/mol. The summed E-state index contributed by atoms with van der Waals surface area (Å²) < 4.78 is 0. The second-order valence-corrected chi connectivity index (χ2v) is 6.10. The lowest BCUT2D eigenvalue weighted by Crippen LogP contribution is -2.42. The fourth-order valence-corrected chi connectivity index (χ4v) is 1.90. The predicted octanol–water partition coefficient (Wildman–Crippen LogP) is 2.90. The van der Waals surface area contributed by atoms with Crippen LogP contribution in [0.4, 0.5) is 5.69 Å². The number of aromatic nitrogens is 1. The molecule has 104 valence electrons. The van der Waals surface area contributed by atoms with Gasteiger partial charge in [0.25, 0.3) is 0 Å². The Kier molecular flexibility index (Phi) is 3.83. The number of rotatable bonds is 5. The molecular weight excluding hydrogens is 264 g/mol. The molecule has 1 aliphatic rings. The number of nitrogens with zero attached hydrogens (tertiary/aromatic N) is 1. The second-order valence-electron chi connectivity index (χ2n) is 5.71. The highest BCUT2D eigenvalue weighted by Crippen LogP contribution is 2.35. The zero-order chi connectivity index (χ0) is 14.2. The second kappa shape index (κ2) is 5.10. The molecule has 1 atom stereocenters. The van der Waals surface area contributed by atoms with Gasteiger partial charge in [0.15, 0.2) is 5.78 Å². The topological polar surface area (TPSA) is 62.2 Å². The number of ketones is 1. The molecule has 1 aromatic heterocycles. The molecule has 0 spiro atoms. The van der Waals surface area contributed by atoms with E-state index in [1.54, 1.807) is 13.0 Å². The van der Waals surface area contributed by atoms with Crippen LogP contribution < -0.4 is 5.32 Å². The molecule has 2 N–H and O–H groups in total. The molecule has 1 heterocycles. The van der Waals surface area contributed by atoms with Gasteiger partial charge in [-0.25, -0.2) is 4.98 Å². The van der Waals surface area contributed by atoms with Gasteiger partial charge in [0, 0.05) is 12.1 Å². The van der Waals surface area contributed by atoms with Crippen molar-refractivity contribution >= 4 is 23.1 Å². The standard InChI is InChI=1S/C14H19ClN2O2/c1-8(18)14(2,3)17-11-6-12(15)16-7-10(11)13(19)9-4-5-9/h6-9,18H,4-5H2,1-3H3,(H,16,17). The fraction of sp³-hybridized carbons (Fsp3) is 0.571. The van der Waals surface area contributed by atoms with E-state index in [0.29, 0.717) is 16.4 Å². The van der Waals surface area contributed by atoms with Crippen molar-refractivity contribution in [2.75, 3.05) is 5.32 Å². The maximum Gasteiger partial charge on any atom is 0.169 e. The summed E-state index contributed by atoms with van der Waals surface area (Å²) in [6.07, 6.45) is 2.84. The third-order valence-corrected chi connectivity index (χ3v) is 3.79.